The summed E-state index contributed by atoms with van der Waals surface area (Å²) < 4.78 is 78.9. The lowest BCUT2D eigenvalue weighted by molar-refractivity contribution is -0.169. The minimum atomic E-state index is -4.68. The maximum absolute atomic E-state index is 13.3. The molecule has 0 atom stereocenters. The number of nitrogens with zero attached hydrogens (tertiary/aromatic N) is 1. The Labute approximate surface area is 263 Å². The van der Waals surface area contributed by atoms with E-state index in [2.05, 4.69) is 9.62 Å². The molecule has 0 saturated carbocycles. The molecule has 2 aliphatic heterocycles. The molecule has 1 N–H and O–H groups in total. The lowest BCUT2D eigenvalue weighted by atomic mass is 9.86. The van der Waals surface area contributed by atoms with Crippen LogP contribution in [-0.4, -0.2) is 57.9 Å². The number of benzene rings is 3. The number of alkyl halides is 3. The molecule has 3 aliphatic rings. The number of anilines is 2. The van der Waals surface area contributed by atoms with Crippen LogP contribution in [-0.2, 0) is 36.9 Å². The topological polar surface area (TPSA) is 119 Å². The van der Waals surface area contributed by atoms with Crippen LogP contribution in [0.3, 0.4) is 0 Å². The third-order valence-corrected chi connectivity index (χ3v) is 9.73. The molecule has 1 spiro atoms. The van der Waals surface area contributed by atoms with Crippen molar-refractivity contribution in [3.05, 3.63) is 101 Å². The van der Waals surface area contributed by atoms with Crippen molar-refractivity contribution in [2.45, 2.75) is 42.5 Å². The molecule has 6 rings (SSSR count). The third-order valence-electron chi connectivity index (χ3n) is 8.36. The first-order valence-corrected chi connectivity index (χ1v) is 16.1. The molecule has 9 nitrogen and oxygen atoms in total. The molecule has 2 heterocycles. The summed E-state index contributed by atoms with van der Waals surface area (Å²) in [6.07, 6.45) is -1.93. The number of hydrogen-bond acceptors (Lipinski definition) is 8. The number of ether oxygens (including phenoxy) is 2. The summed E-state index contributed by atoms with van der Waals surface area (Å²) in [7, 11) is -4.45. The molecule has 2 fully saturated rings. The summed E-state index contributed by atoms with van der Waals surface area (Å²) in [6.45, 7) is 2.80. The van der Waals surface area contributed by atoms with Crippen LogP contribution in [0.25, 0.3) is 0 Å². The zero-order chi connectivity index (χ0) is 32.7. The quantitative estimate of drug-likeness (QED) is 0.323. The molecule has 0 unspecified atom stereocenters. The number of hydrogen-bond donors (Lipinski definition) is 1. The highest BCUT2D eigenvalue weighted by Crippen LogP contribution is 2.34. The van der Waals surface area contributed by atoms with E-state index < -0.39 is 49.8 Å². The average molecular weight is 655 g/mol. The van der Waals surface area contributed by atoms with Gasteiger partial charge in [-0.2, -0.15) is 13.2 Å². The number of piperidine rings is 1. The van der Waals surface area contributed by atoms with Gasteiger partial charge in [-0.15, -0.1) is 0 Å². The summed E-state index contributed by atoms with van der Waals surface area (Å²) >= 11 is 0. The van der Waals surface area contributed by atoms with Gasteiger partial charge < -0.3 is 14.4 Å². The maximum Gasteiger partial charge on any atom is 0.416 e. The summed E-state index contributed by atoms with van der Waals surface area (Å²) in [5.74, 6) is -2.47. The van der Waals surface area contributed by atoms with Gasteiger partial charge in [0.1, 0.15) is 0 Å². The molecule has 2 saturated heterocycles. The number of Topliss-reactive ketones (excluding diaryl/α,β-unsaturated/α-hetero) is 2. The molecule has 0 aromatic heterocycles. The molecular formula is C33H29F3N2O7S. The third kappa shape index (κ3) is 6.48. The minimum Gasteiger partial charge on any atom is -0.371 e. The van der Waals surface area contributed by atoms with Gasteiger partial charge in [-0.25, -0.2) is 8.42 Å². The van der Waals surface area contributed by atoms with E-state index in [4.69, 9.17) is 9.47 Å². The van der Waals surface area contributed by atoms with Gasteiger partial charge in [0.2, 0.25) is 0 Å². The van der Waals surface area contributed by atoms with E-state index in [9.17, 15) is 36.0 Å². The summed E-state index contributed by atoms with van der Waals surface area (Å²) in [5.41, 5.74) is -0.201. The monoisotopic (exact) mass is 654 g/mol. The number of carbonyl (C=O) groups is 3. The largest absolute Gasteiger partial charge is 0.416 e. The molecule has 240 valence electrons. The van der Waals surface area contributed by atoms with Crippen molar-refractivity contribution in [2.75, 3.05) is 35.9 Å². The fourth-order valence-corrected chi connectivity index (χ4v) is 6.93. The van der Waals surface area contributed by atoms with E-state index >= 15 is 0 Å². The van der Waals surface area contributed by atoms with E-state index in [1.165, 1.54) is 0 Å². The van der Waals surface area contributed by atoms with Crippen LogP contribution in [0.15, 0.2) is 83.3 Å². The second-order valence-electron chi connectivity index (χ2n) is 11.3. The van der Waals surface area contributed by atoms with E-state index in [0.717, 1.165) is 79.7 Å². The van der Waals surface area contributed by atoms with Gasteiger partial charge in [-0.3, -0.25) is 19.1 Å². The highest BCUT2D eigenvalue weighted by Gasteiger charge is 2.40. The Bertz CT molecular complexity index is 1840. The highest BCUT2D eigenvalue weighted by atomic mass is 32.2. The number of fused-ring (bicyclic) bond motifs is 1. The molecule has 3 aromatic rings. The molecule has 46 heavy (non-hydrogen) atoms. The molecule has 3 aromatic carbocycles. The zero-order valence-corrected chi connectivity index (χ0v) is 25.2. The molecule has 13 heteroatoms. The van der Waals surface area contributed by atoms with Crippen LogP contribution < -0.4 is 9.62 Å². The molecule has 1 aliphatic carbocycles. The average Bonchev–Trinajstić information content (AvgIpc) is 3.49. The number of nitrogens with one attached hydrogen (secondary N) is 1. The van der Waals surface area contributed by atoms with Crippen LogP contribution in [0.4, 0.5) is 24.5 Å². The van der Waals surface area contributed by atoms with Crippen molar-refractivity contribution < 1.29 is 45.4 Å². The number of carbonyl (C=O) groups excluding carboxylic acids is 3. The Hall–Kier alpha value is -4.33. The van der Waals surface area contributed by atoms with Crippen LogP contribution in [0, 0.1) is 0 Å². The van der Waals surface area contributed by atoms with E-state index in [1.54, 1.807) is 0 Å². The van der Waals surface area contributed by atoms with E-state index in [-0.39, 0.29) is 28.8 Å². The first-order chi connectivity index (χ1) is 21.8. The predicted octanol–water partition coefficient (Wildman–Crippen LogP) is 5.36. The van der Waals surface area contributed by atoms with Gasteiger partial charge in [-0.1, -0.05) is 18.2 Å². The Morgan fingerprint density at radius 1 is 0.913 bits per heavy atom. The van der Waals surface area contributed by atoms with Crippen molar-refractivity contribution in [3.8, 4) is 0 Å². The Kier molecular flexibility index (Phi) is 8.34. The first kappa shape index (κ1) is 31.6. The maximum atomic E-state index is 13.3. The fourth-order valence-electron chi connectivity index (χ4n) is 5.85. The summed E-state index contributed by atoms with van der Waals surface area (Å²) in [6, 6.07) is 14.6. The number of sulfonamides is 1. The van der Waals surface area contributed by atoms with Gasteiger partial charge in [-0.05, 0) is 60.5 Å². The number of allylic oxidation sites excluding steroid dienone is 2. The smallest absolute Gasteiger partial charge is 0.371 e. The lowest BCUT2D eigenvalue weighted by Crippen LogP contribution is -2.45. The van der Waals surface area contributed by atoms with Crippen molar-refractivity contribution in [1.82, 2.24) is 0 Å². The van der Waals surface area contributed by atoms with Gasteiger partial charge >= 0.3 is 6.18 Å². The zero-order valence-electron chi connectivity index (χ0n) is 24.4. The number of halogens is 3. The fraction of sp³-hybridized carbons (Fsp3) is 0.303. The Morgan fingerprint density at radius 3 is 2.28 bits per heavy atom. The van der Waals surface area contributed by atoms with E-state index in [0.29, 0.717) is 25.7 Å². The second-order valence-corrected chi connectivity index (χ2v) is 13.0. The van der Waals surface area contributed by atoms with Crippen molar-refractivity contribution in [2.24, 2.45) is 0 Å². The Morgan fingerprint density at radius 2 is 1.61 bits per heavy atom. The van der Waals surface area contributed by atoms with Gasteiger partial charge in [0, 0.05) is 60.9 Å². The second kappa shape index (κ2) is 12.1. The van der Waals surface area contributed by atoms with E-state index in [1.807, 2.05) is 24.3 Å². The lowest BCUT2D eigenvalue weighted by Gasteiger charge is -2.38. The van der Waals surface area contributed by atoms with Crippen molar-refractivity contribution >= 4 is 38.7 Å². The summed E-state index contributed by atoms with van der Waals surface area (Å²) in [4.78, 5) is 41.0. The molecule has 0 amide bonds. The van der Waals surface area contributed by atoms with Crippen molar-refractivity contribution in [3.63, 3.8) is 0 Å². The predicted molar refractivity (Wildman–Crippen MR) is 161 cm³/mol. The molecule has 0 radical (unpaired) electrons. The highest BCUT2D eigenvalue weighted by molar-refractivity contribution is 7.92. The van der Waals surface area contributed by atoms with Crippen molar-refractivity contribution in [1.29, 1.82) is 0 Å². The van der Waals surface area contributed by atoms with Crippen LogP contribution in [0.5, 0.6) is 0 Å². The number of ketones is 3. The molecule has 0 bridgehead atoms. The van der Waals surface area contributed by atoms with Gasteiger partial charge in [0.25, 0.3) is 10.0 Å². The Balaban J connectivity index is 1.11. The number of rotatable bonds is 8. The van der Waals surface area contributed by atoms with Gasteiger partial charge in [0.05, 0.1) is 29.2 Å². The van der Waals surface area contributed by atoms with Crippen LogP contribution in [0.2, 0.25) is 0 Å². The normalized spacial score (nSPS) is 18.0. The number of aryl methyl sites for hydroxylation is 1. The van der Waals surface area contributed by atoms with Gasteiger partial charge in [0.15, 0.2) is 23.1 Å². The van der Waals surface area contributed by atoms with Crippen LogP contribution >= 0.6 is 0 Å². The molecular weight excluding hydrogens is 625 g/mol. The SMILES string of the molecule is O=C(CCc1ccc(N2CCC3(CC2)OCCO3)cc1)C1=CC(=O)c2ccc(S(=O)(=O)Nc3cccc(C(F)(F)F)c3)cc2C1=O. The van der Waals surface area contributed by atoms with Crippen LogP contribution in [0.1, 0.15) is 51.1 Å². The summed E-state index contributed by atoms with van der Waals surface area (Å²) in [5, 5.41) is 0. The standard InChI is InChI=1S/C33H29F3N2O7S/c34-33(35,36)22-2-1-3-23(18-22)37-46(42,43)25-9-10-26-27(19-25)31(41)28(20-30(26)40)29(39)11-6-21-4-7-24(8-5-21)38-14-12-32(13-15-38)44-16-17-45-32/h1-5,7-10,18-20,37H,6,11-17H2. The first-order valence-electron chi connectivity index (χ1n) is 14.6. The minimum absolute atomic E-state index is 0.0600.